The zero-order valence-electron chi connectivity index (χ0n) is 17.1. The molecule has 148 valence electrons. The Labute approximate surface area is 183 Å². The van der Waals surface area contributed by atoms with E-state index in [2.05, 4.69) is 59.3 Å². The number of aromatic nitrogens is 2. The summed E-state index contributed by atoms with van der Waals surface area (Å²) in [5, 5.41) is 1.09. The Morgan fingerprint density at radius 1 is 0.867 bits per heavy atom. The Balaban J connectivity index is 1.78. The molecule has 4 heteroatoms. The highest BCUT2D eigenvalue weighted by molar-refractivity contribution is 9.10. The predicted octanol–water partition coefficient (Wildman–Crippen LogP) is 6.93. The Morgan fingerprint density at radius 3 is 2.33 bits per heavy atom. The van der Waals surface area contributed by atoms with Crippen LogP contribution in [0.4, 0.5) is 0 Å². The van der Waals surface area contributed by atoms with Crippen LogP contribution in [0.1, 0.15) is 42.4 Å². The molecule has 0 fully saturated rings. The van der Waals surface area contributed by atoms with Crippen molar-refractivity contribution in [1.29, 1.82) is 0 Å². The molecule has 5 rings (SSSR count). The molecule has 0 aliphatic heterocycles. The van der Waals surface area contributed by atoms with Crippen molar-refractivity contribution >= 4 is 49.2 Å². The maximum atomic E-state index is 13.5. The second kappa shape index (κ2) is 6.78. The Kier molecular flexibility index (Phi) is 4.30. The number of para-hydroxylation sites is 1. The van der Waals surface area contributed by atoms with E-state index in [4.69, 9.17) is 4.98 Å². The highest BCUT2D eigenvalue weighted by Gasteiger charge is 2.20. The summed E-state index contributed by atoms with van der Waals surface area (Å²) in [7, 11) is 0. The number of carbonyl (C=O) groups is 1. The molecule has 0 bridgehead atoms. The summed E-state index contributed by atoms with van der Waals surface area (Å²) in [5.41, 5.74) is 6.03. The summed E-state index contributed by atoms with van der Waals surface area (Å²) in [5.74, 6) is -0.0647. The molecule has 0 unspecified atom stereocenters. The fraction of sp³-hybridized carbons (Fsp3) is 0.154. The maximum absolute atomic E-state index is 13.5. The fourth-order valence-electron chi connectivity index (χ4n) is 3.97. The summed E-state index contributed by atoms with van der Waals surface area (Å²) in [6, 6.07) is 24.1. The lowest BCUT2D eigenvalue weighted by Crippen LogP contribution is -2.12. The predicted molar refractivity (Wildman–Crippen MR) is 126 cm³/mol. The van der Waals surface area contributed by atoms with Gasteiger partial charge < -0.3 is 4.40 Å². The first-order valence-electron chi connectivity index (χ1n) is 9.98. The van der Waals surface area contributed by atoms with Crippen LogP contribution >= 0.6 is 15.9 Å². The molecule has 0 aliphatic rings. The van der Waals surface area contributed by atoms with Gasteiger partial charge >= 0.3 is 0 Å². The lowest BCUT2D eigenvalue weighted by atomic mass is 9.86. The molecular formula is C26H21BrN2O. The third-order valence-electron chi connectivity index (χ3n) is 5.59. The number of ketones is 1. The van der Waals surface area contributed by atoms with Crippen molar-refractivity contribution in [2.24, 2.45) is 0 Å². The van der Waals surface area contributed by atoms with E-state index in [1.807, 2.05) is 54.6 Å². The molecule has 3 aromatic carbocycles. The number of hydrogen-bond donors (Lipinski definition) is 0. The molecule has 5 aromatic rings. The van der Waals surface area contributed by atoms with Gasteiger partial charge in [-0.3, -0.25) is 4.79 Å². The van der Waals surface area contributed by atoms with Crippen molar-refractivity contribution in [2.75, 3.05) is 0 Å². The number of benzene rings is 3. The maximum Gasteiger partial charge on any atom is 0.213 e. The van der Waals surface area contributed by atoms with Crippen LogP contribution in [0.2, 0.25) is 0 Å². The van der Waals surface area contributed by atoms with E-state index < -0.39 is 0 Å². The summed E-state index contributed by atoms with van der Waals surface area (Å²) in [6.45, 7) is 6.51. The van der Waals surface area contributed by atoms with Crippen molar-refractivity contribution in [1.82, 2.24) is 9.38 Å². The molecule has 2 aromatic heterocycles. The van der Waals surface area contributed by atoms with Gasteiger partial charge in [0.15, 0.2) is 0 Å². The standard InChI is InChI=1S/C26H21BrN2O/c1-26(2,3)18-10-8-16(9-11-18)25(30)24-23-14-17-6-4-5-7-21(17)29(23)22-13-12-19(27)15-20(22)28-24/h4-15H,1-3H3. The molecule has 0 aliphatic carbocycles. The van der Waals surface area contributed by atoms with Crippen molar-refractivity contribution in [3.63, 3.8) is 0 Å². The highest BCUT2D eigenvalue weighted by atomic mass is 79.9. The summed E-state index contributed by atoms with van der Waals surface area (Å²) in [6.07, 6.45) is 0. The quantitative estimate of drug-likeness (QED) is 0.269. The molecule has 0 N–H and O–H groups in total. The third-order valence-corrected chi connectivity index (χ3v) is 6.09. The van der Waals surface area contributed by atoms with E-state index in [-0.39, 0.29) is 11.2 Å². The van der Waals surface area contributed by atoms with Gasteiger partial charge in [-0.05, 0) is 41.3 Å². The van der Waals surface area contributed by atoms with Crippen LogP contribution in [0.25, 0.3) is 27.5 Å². The molecule has 0 atom stereocenters. The Hall–Kier alpha value is -2.98. The van der Waals surface area contributed by atoms with Gasteiger partial charge in [0, 0.05) is 15.4 Å². The molecule has 0 saturated carbocycles. The third kappa shape index (κ3) is 3.03. The SMILES string of the molecule is CC(C)(C)c1ccc(C(=O)c2nc3cc(Br)ccc3n3c2cc2ccccc23)cc1. The molecule has 0 amide bonds. The van der Waals surface area contributed by atoms with E-state index in [0.29, 0.717) is 11.3 Å². The summed E-state index contributed by atoms with van der Waals surface area (Å²) in [4.78, 5) is 18.3. The molecule has 3 nitrogen and oxygen atoms in total. The normalized spacial score (nSPS) is 12.1. The average molecular weight is 457 g/mol. The first kappa shape index (κ1) is 19.0. The lowest BCUT2D eigenvalue weighted by molar-refractivity contribution is 0.103. The van der Waals surface area contributed by atoms with Gasteiger partial charge in [-0.2, -0.15) is 0 Å². The first-order chi connectivity index (χ1) is 14.3. The molecular weight excluding hydrogens is 436 g/mol. The monoisotopic (exact) mass is 456 g/mol. The van der Waals surface area contributed by atoms with E-state index in [1.165, 1.54) is 5.56 Å². The van der Waals surface area contributed by atoms with E-state index in [0.717, 1.165) is 31.9 Å². The first-order valence-corrected chi connectivity index (χ1v) is 10.8. The highest BCUT2D eigenvalue weighted by Crippen LogP contribution is 2.30. The number of fused-ring (bicyclic) bond motifs is 5. The lowest BCUT2D eigenvalue weighted by Gasteiger charge is -2.19. The van der Waals surface area contributed by atoms with E-state index >= 15 is 0 Å². The van der Waals surface area contributed by atoms with Crippen molar-refractivity contribution in [3.8, 4) is 0 Å². The minimum absolute atomic E-state index is 0.0432. The van der Waals surface area contributed by atoms with Crippen LogP contribution in [0.15, 0.2) is 77.3 Å². The van der Waals surface area contributed by atoms with Gasteiger partial charge in [0.25, 0.3) is 0 Å². The second-order valence-electron chi connectivity index (χ2n) is 8.67. The average Bonchev–Trinajstić information content (AvgIpc) is 3.11. The van der Waals surface area contributed by atoms with Crippen molar-refractivity contribution < 1.29 is 4.79 Å². The van der Waals surface area contributed by atoms with Crippen molar-refractivity contribution in [2.45, 2.75) is 26.2 Å². The van der Waals surface area contributed by atoms with Gasteiger partial charge in [0.2, 0.25) is 5.78 Å². The van der Waals surface area contributed by atoms with Crippen LogP contribution in [-0.2, 0) is 5.41 Å². The number of hydrogen-bond acceptors (Lipinski definition) is 2. The summed E-state index contributed by atoms with van der Waals surface area (Å²) >= 11 is 3.54. The molecule has 0 saturated heterocycles. The van der Waals surface area contributed by atoms with E-state index in [1.54, 1.807) is 0 Å². The molecule has 0 radical (unpaired) electrons. The largest absolute Gasteiger partial charge is 0.305 e. The Morgan fingerprint density at radius 2 is 1.60 bits per heavy atom. The number of rotatable bonds is 2. The van der Waals surface area contributed by atoms with Gasteiger partial charge in [0.1, 0.15) is 5.69 Å². The topological polar surface area (TPSA) is 34.4 Å². The fourth-order valence-corrected chi connectivity index (χ4v) is 4.32. The zero-order chi connectivity index (χ0) is 21.0. The van der Waals surface area contributed by atoms with Crippen LogP contribution < -0.4 is 0 Å². The molecule has 30 heavy (non-hydrogen) atoms. The smallest absolute Gasteiger partial charge is 0.213 e. The van der Waals surface area contributed by atoms with Crippen LogP contribution in [0.3, 0.4) is 0 Å². The van der Waals surface area contributed by atoms with Gasteiger partial charge in [-0.15, -0.1) is 0 Å². The Bertz CT molecular complexity index is 1440. The van der Waals surface area contributed by atoms with Gasteiger partial charge in [0.05, 0.1) is 22.1 Å². The number of nitrogens with zero attached hydrogens (tertiary/aromatic N) is 2. The van der Waals surface area contributed by atoms with E-state index in [9.17, 15) is 4.79 Å². The van der Waals surface area contributed by atoms with Gasteiger partial charge in [-0.25, -0.2) is 4.98 Å². The minimum Gasteiger partial charge on any atom is -0.305 e. The van der Waals surface area contributed by atoms with Crippen molar-refractivity contribution in [3.05, 3.63) is 94.1 Å². The minimum atomic E-state index is -0.0647. The molecule has 2 heterocycles. The van der Waals surface area contributed by atoms with Crippen LogP contribution in [0.5, 0.6) is 0 Å². The van der Waals surface area contributed by atoms with Crippen LogP contribution in [-0.4, -0.2) is 15.2 Å². The second-order valence-corrected chi connectivity index (χ2v) is 9.59. The zero-order valence-corrected chi connectivity index (χ0v) is 18.7. The number of halogens is 1. The van der Waals surface area contributed by atoms with Crippen LogP contribution in [0, 0.1) is 0 Å². The molecule has 0 spiro atoms. The number of carbonyl (C=O) groups excluding carboxylic acids is 1. The summed E-state index contributed by atoms with van der Waals surface area (Å²) < 4.78 is 3.08. The van der Waals surface area contributed by atoms with Gasteiger partial charge in [-0.1, -0.05) is 79.2 Å².